The molecule has 3 unspecified atom stereocenters. The molecule has 0 N–H and O–H groups in total. The number of carbonyl (C=O) groups excluding carboxylic acids is 1. The van der Waals surface area contributed by atoms with E-state index in [1.165, 1.54) is 4.90 Å². The Hall–Kier alpha value is -2.47. The highest BCUT2D eigenvalue weighted by Gasteiger charge is 2.57. The zero-order valence-corrected chi connectivity index (χ0v) is 13.7. The minimum Gasteiger partial charge on any atom is -0.444 e. The van der Waals surface area contributed by atoms with Gasteiger partial charge >= 0.3 is 6.09 Å². The molecule has 1 aromatic carbocycles. The Balaban J connectivity index is 1.82. The first kappa shape index (κ1) is 16.4. The molecular weight excluding hydrogens is 305 g/mol. The number of ether oxygens (including phenoxy) is 1. The molecule has 3 atom stereocenters. The molecule has 1 amide bonds. The van der Waals surface area contributed by atoms with E-state index in [0.717, 1.165) is 5.56 Å². The summed E-state index contributed by atoms with van der Waals surface area (Å²) in [6.07, 6.45) is 0.600. The van der Waals surface area contributed by atoms with Crippen molar-refractivity contribution >= 4 is 19.9 Å². The van der Waals surface area contributed by atoms with Gasteiger partial charge in [-0.05, 0) is 36.0 Å². The van der Waals surface area contributed by atoms with Crippen molar-refractivity contribution in [3.8, 4) is 0 Å². The number of fused-ring (bicyclic) bond motifs is 1. The quantitative estimate of drug-likeness (QED) is 0.360. The molecule has 7 nitrogen and oxygen atoms in total. The number of carbonyl (C=O) groups is 1. The van der Waals surface area contributed by atoms with Crippen molar-refractivity contribution in [2.24, 2.45) is 10.1 Å². The van der Waals surface area contributed by atoms with E-state index in [1.807, 2.05) is 44.2 Å². The van der Waals surface area contributed by atoms with Gasteiger partial charge in [0, 0.05) is 4.91 Å². The van der Waals surface area contributed by atoms with Crippen molar-refractivity contribution in [2.45, 2.75) is 50.2 Å². The van der Waals surface area contributed by atoms with Crippen LogP contribution in [0.1, 0.15) is 32.3 Å². The lowest BCUT2D eigenvalue weighted by molar-refractivity contribution is 0.0882. The van der Waals surface area contributed by atoms with E-state index in [1.54, 1.807) is 0 Å². The molecule has 0 spiro atoms. The fraction of sp³-hybridized carbons (Fsp3) is 0.500. The third kappa shape index (κ3) is 2.85. The minimum atomic E-state index is -0.638. The Morgan fingerprint density at radius 3 is 2.88 bits per heavy atom. The summed E-state index contributed by atoms with van der Waals surface area (Å²) >= 11 is 0. The number of aliphatic imine (C=N–C) groups is 1. The van der Waals surface area contributed by atoms with Crippen molar-refractivity contribution < 1.29 is 9.53 Å². The van der Waals surface area contributed by atoms with Gasteiger partial charge in [-0.2, -0.15) is 0 Å². The van der Waals surface area contributed by atoms with Gasteiger partial charge in [0.25, 0.3) is 0 Å². The lowest BCUT2D eigenvalue weighted by Crippen LogP contribution is -2.51. The second-order valence-electron chi connectivity index (χ2n) is 6.90. The maximum absolute atomic E-state index is 12.7. The van der Waals surface area contributed by atoms with Gasteiger partial charge in [-0.25, -0.2) is 4.79 Å². The van der Waals surface area contributed by atoms with Gasteiger partial charge in [0.05, 0.1) is 19.4 Å². The van der Waals surface area contributed by atoms with Crippen LogP contribution in [0.3, 0.4) is 0 Å². The molecule has 1 aliphatic carbocycles. The topological polar surface area (TPSA) is 90.7 Å². The molecule has 1 saturated carbocycles. The maximum Gasteiger partial charge on any atom is 0.416 e. The van der Waals surface area contributed by atoms with E-state index in [4.69, 9.17) is 18.1 Å². The van der Waals surface area contributed by atoms with Crippen LogP contribution in [-0.2, 0) is 11.3 Å². The van der Waals surface area contributed by atoms with Crippen LogP contribution in [0.5, 0.6) is 0 Å². The summed E-state index contributed by atoms with van der Waals surface area (Å²) < 4.78 is 5.41. The SMILES string of the molecule is [B]C1(C)CC2N=C(N=[N+]=[N-])N(C(=O)OCc3ccccc3)C2(C)C1. The summed E-state index contributed by atoms with van der Waals surface area (Å²) in [5.41, 5.74) is 9.00. The monoisotopic (exact) mass is 323 g/mol. The lowest BCUT2D eigenvalue weighted by Gasteiger charge is -2.35. The van der Waals surface area contributed by atoms with Crippen LogP contribution in [0, 0.1) is 0 Å². The molecule has 3 rings (SSSR count). The lowest BCUT2D eigenvalue weighted by atomic mass is 9.68. The van der Waals surface area contributed by atoms with Crippen molar-refractivity contribution in [1.29, 1.82) is 0 Å². The van der Waals surface area contributed by atoms with Crippen molar-refractivity contribution in [2.75, 3.05) is 0 Å². The Labute approximate surface area is 141 Å². The average Bonchev–Trinajstić information content (AvgIpc) is 2.90. The normalized spacial score (nSPS) is 31.2. The van der Waals surface area contributed by atoms with Crippen LogP contribution in [0.25, 0.3) is 10.4 Å². The van der Waals surface area contributed by atoms with E-state index >= 15 is 0 Å². The number of nitrogens with zero attached hydrogens (tertiary/aromatic N) is 5. The molecule has 1 fully saturated rings. The Kier molecular flexibility index (Phi) is 4.01. The first-order chi connectivity index (χ1) is 11.4. The summed E-state index contributed by atoms with van der Waals surface area (Å²) in [4.78, 5) is 21.2. The minimum absolute atomic E-state index is 0.0542. The second-order valence-corrected chi connectivity index (χ2v) is 6.90. The van der Waals surface area contributed by atoms with Crippen LogP contribution < -0.4 is 0 Å². The van der Waals surface area contributed by atoms with Crippen LogP contribution in [0.15, 0.2) is 40.4 Å². The molecule has 1 aromatic rings. The largest absolute Gasteiger partial charge is 0.444 e. The summed E-state index contributed by atoms with van der Waals surface area (Å²) in [6.45, 7) is 3.98. The average molecular weight is 323 g/mol. The third-order valence-electron chi connectivity index (χ3n) is 4.64. The number of amides is 1. The number of benzene rings is 1. The molecule has 1 aliphatic heterocycles. The van der Waals surface area contributed by atoms with E-state index in [-0.39, 0.29) is 18.6 Å². The zero-order valence-electron chi connectivity index (χ0n) is 13.7. The Bertz CT molecular complexity index is 729. The fourth-order valence-corrected chi connectivity index (χ4v) is 3.69. The van der Waals surface area contributed by atoms with Crippen molar-refractivity contribution in [3.05, 3.63) is 46.3 Å². The first-order valence-electron chi connectivity index (χ1n) is 7.78. The van der Waals surface area contributed by atoms with Crippen LogP contribution >= 0.6 is 0 Å². The number of rotatable bonds is 2. The van der Waals surface area contributed by atoms with Gasteiger partial charge in [0.2, 0.25) is 0 Å². The standard InChI is InChI=1S/C16H18BN5O2/c1-15(17)8-12-16(2,10-15)22(13(19-12)20-21-18)14(23)24-9-11-6-4-3-5-7-11/h3-7,12H,8-10H2,1-2H3. The summed E-state index contributed by atoms with van der Waals surface area (Å²) in [5.74, 6) is 0.0542. The van der Waals surface area contributed by atoms with Crippen molar-refractivity contribution in [3.63, 3.8) is 0 Å². The highest BCUT2D eigenvalue weighted by molar-refractivity contribution is 6.15. The van der Waals surface area contributed by atoms with E-state index in [2.05, 4.69) is 15.0 Å². The highest BCUT2D eigenvalue weighted by Crippen LogP contribution is 2.53. The highest BCUT2D eigenvalue weighted by atomic mass is 16.6. The van der Waals surface area contributed by atoms with Gasteiger partial charge in [-0.3, -0.25) is 9.89 Å². The summed E-state index contributed by atoms with van der Waals surface area (Å²) in [5, 5.41) is 3.14. The molecular formula is C16H18BN5O2. The smallest absolute Gasteiger partial charge is 0.416 e. The number of hydrogen-bond acceptors (Lipinski definition) is 4. The Morgan fingerprint density at radius 2 is 2.21 bits per heavy atom. The van der Waals surface area contributed by atoms with E-state index in [9.17, 15) is 4.79 Å². The molecule has 0 aromatic heterocycles. The number of azide groups is 1. The van der Waals surface area contributed by atoms with Gasteiger partial charge in [0.1, 0.15) is 6.61 Å². The molecule has 2 aliphatic rings. The molecule has 1 heterocycles. The predicted octanol–water partition coefficient (Wildman–Crippen LogP) is 3.57. The van der Waals surface area contributed by atoms with Crippen molar-refractivity contribution in [1.82, 2.24) is 4.90 Å². The first-order valence-corrected chi connectivity index (χ1v) is 7.78. The third-order valence-corrected chi connectivity index (χ3v) is 4.64. The molecule has 0 bridgehead atoms. The maximum atomic E-state index is 12.7. The summed E-state index contributed by atoms with van der Waals surface area (Å²) in [6, 6.07) is 9.19. The van der Waals surface area contributed by atoms with E-state index < -0.39 is 16.9 Å². The predicted molar refractivity (Wildman–Crippen MR) is 90.6 cm³/mol. The van der Waals surface area contributed by atoms with Crippen LogP contribution in [-0.4, -0.2) is 36.4 Å². The fourth-order valence-electron chi connectivity index (χ4n) is 3.69. The number of guanidine groups is 1. The molecule has 2 radical (unpaired) electrons. The van der Waals surface area contributed by atoms with Crippen LogP contribution in [0.2, 0.25) is 5.31 Å². The van der Waals surface area contributed by atoms with Crippen LogP contribution in [0.4, 0.5) is 4.79 Å². The van der Waals surface area contributed by atoms with Gasteiger partial charge in [-0.1, -0.05) is 42.6 Å². The van der Waals surface area contributed by atoms with E-state index in [0.29, 0.717) is 12.8 Å². The molecule has 8 heteroatoms. The molecule has 0 saturated heterocycles. The molecule has 24 heavy (non-hydrogen) atoms. The second kappa shape index (κ2) is 5.87. The zero-order chi connectivity index (χ0) is 17.4. The van der Waals surface area contributed by atoms with Gasteiger partial charge < -0.3 is 4.74 Å². The molecule has 122 valence electrons. The van der Waals surface area contributed by atoms with Gasteiger partial charge in [0.15, 0.2) is 5.96 Å². The number of hydrogen-bond donors (Lipinski definition) is 0. The summed E-state index contributed by atoms with van der Waals surface area (Å²) in [7, 11) is 6.25. The Morgan fingerprint density at radius 1 is 1.50 bits per heavy atom. The van der Waals surface area contributed by atoms with Gasteiger partial charge in [-0.15, -0.1) is 0 Å².